The lowest BCUT2D eigenvalue weighted by atomic mass is 10.0. The van der Waals surface area contributed by atoms with Gasteiger partial charge in [0, 0.05) is 25.7 Å². The molecule has 0 saturated carbocycles. The van der Waals surface area contributed by atoms with Gasteiger partial charge in [-0.2, -0.15) is 0 Å². The molecule has 0 radical (unpaired) electrons. The Hall–Kier alpha value is -4.80. The number of phosphoric ester groups is 2. The van der Waals surface area contributed by atoms with Gasteiger partial charge in [0.05, 0.1) is 26.4 Å². The minimum Gasteiger partial charge on any atom is -0.462 e. The number of unbranched alkanes of at least 4 members (excludes halogenated alkanes) is 27. The van der Waals surface area contributed by atoms with E-state index in [9.17, 15) is 43.2 Å². The van der Waals surface area contributed by atoms with Crippen molar-refractivity contribution in [1.82, 2.24) is 0 Å². The molecule has 0 saturated heterocycles. The summed E-state index contributed by atoms with van der Waals surface area (Å²) in [5.41, 5.74) is 0. The molecule has 0 aliphatic carbocycles. The van der Waals surface area contributed by atoms with E-state index in [1.807, 2.05) is 0 Å². The third kappa shape index (κ3) is 75.4. The first-order valence-electron chi connectivity index (χ1n) is 40.4. The van der Waals surface area contributed by atoms with Gasteiger partial charge in [0.15, 0.2) is 12.2 Å². The first kappa shape index (κ1) is 99.2. The number of hydrogen-bond acceptors (Lipinski definition) is 15. The van der Waals surface area contributed by atoms with Gasteiger partial charge in [-0.3, -0.25) is 37.3 Å². The van der Waals surface area contributed by atoms with E-state index in [2.05, 4.69) is 161 Å². The number of carbonyl (C=O) groups is 4. The fourth-order valence-corrected chi connectivity index (χ4v) is 12.1. The van der Waals surface area contributed by atoms with E-state index >= 15 is 0 Å². The van der Waals surface area contributed by atoms with Gasteiger partial charge in [-0.15, -0.1) is 0 Å². The number of hydrogen-bond donors (Lipinski definition) is 3. The highest BCUT2D eigenvalue weighted by Crippen LogP contribution is 2.45. The minimum absolute atomic E-state index is 0.0729. The average Bonchev–Trinajstić information content (AvgIpc) is 0.911. The highest BCUT2D eigenvalue weighted by atomic mass is 31.2. The molecular formula is C85H144O17P2. The largest absolute Gasteiger partial charge is 0.472 e. The van der Waals surface area contributed by atoms with Gasteiger partial charge in [-0.1, -0.05) is 296 Å². The summed E-state index contributed by atoms with van der Waals surface area (Å²) in [6.45, 7) is 4.50. The van der Waals surface area contributed by atoms with Crippen molar-refractivity contribution in [3.63, 3.8) is 0 Å². The molecule has 0 aliphatic rings. The number of allylic oxidation sites excluding steroid dienone is 22. The molecule has 0 spiro atoms. The molecule has 596 valence electrons. The second-order valence-electron chi connectivity index (χ2n) is 26.6. The minimum atomic E-state index is -4.99. The van der Waals surface area contributed by atoms with Crippen LogP contribution >= 0.6 is 15.6 Å². The Balaban J connectivity index is 5.40. The number of carbonyl (C=O) groups excluding carboxylic acids is 4. The van der Waals surface area contributed by atoms with Crippen LogP contribution < -0.4 is 0 Å². The lowest BCUT2D eigenvalue weighted by Gasteiger charge is -2.21. The van der Waals surface area contributed by atoms with Crippen LogP contribution in [0.25, 0.3) is 0 Å². The van der Waals surface area contributed by atoms with E-state index in [0.717, 1.165) is 193 Å². The number of phosphoric acid groups is 2. The molecule has 104 heavy (non-hydrogen) atoms. The van der Waals surface area contributed by atoms with Gasteiger partial charge in [0.1, 0.15) is 19.3 Å². The van der Waals surface area contributed by atoms with Crippen molar-refractivity contribution in [3.05, 3.63) is 134 Å². The smallest absolute Gasteiger partial charge is 0.462 e. The van der Waals surface area contributed by atoms with Crippen LogP contribution in [0, 0.1) is 0 Å². The quantitative estimate of drug-likeness (QED) is 0.0169. The number of aliphatic hydroxyl groups excluding tert-OH is 1. The van der Waals surface area contributed by atoms with E-state index in [-0.39, 0.29) is 25.7 Å². The first-order valence-corrected chi connectivity index (χ1v) is 43.4. The SMILES string of the molecule is CC/C=C\C/C=C\C/C=C\C/C=C\C/C=C\CCCCCC(=O)OCC(COP(=O)(O)OCC(O)COP(=O)(O)OCC(COC(=O)CCCCCCC/C=C\C/C=C\C/C=C\CC)OC(=O)CCCCCCCCCCCCCCC)OC(=O)CCCCCCCCC/C=C\C/C=C\C/C=C\CC. The zero-order chi connectivity index (χ0) is 76.0. The van der Waals surface area contributed by atoms with Gasteiger partial charge in [0.25, 0.3) is 0 Å². The maximum atomic E-state index is 13.1. The summed E-state index contributed by atoms with van der Waals surface area (Å²) in [5, 5.41) is 10.6. The number of esters is 4. The third-order valence-corrected chi connectivity index (χ3v) is 18.5. The van der Waals surface area contributed by atoms with Gasteiger partial charge in [0.2, 0.25) is 0 Å². The monoisotopic (exact) mass is 1500 g/mol. The van der Waals surface area contributed by atoms with Crippen molar-refractivity contribution in [2.24, 2.45) is 0 Å². The number of ether oxygens (including phenoxy) is 4. The molecule has 0 aromatic heterocycles. The van der Waals surface area contributed by atoms with Crippen molar-refractivity contribution in [3.8, 4) is 0 Å². The van der Waals surface area contributed by atoms with Gasteiger partial charge in [-0.25, -0.2) is 9.13 Å². The van der Waals surface area contributed by atoms with Crippen LogP contribution in [0.5, 0.6) is 0 Å². The molecule has 0 aromatic rings. The number of rotatable bonds is 75. The van der Waals surface area contributed by atoms with Crippen molar-refractivity contribution in [2.75, 3.05) is 39.6 Å². The van der Waals surface area contributed by atoms with Crippen LogP contribution in [-0.4, -0.2) is 96.7 Å². The average molecular weight is 1500 g/mol. The molecule has 0 bridgehead atoms. The molecule has 0 aliphatic heterocycles. The van der Waals surface area contributed by atoms with E-state index in [1.165, 1.54) is 51.4 Å². The van der Waals surface area contributed by atoms with Crippen molar-refractivity contribution in [2.45, 2.75) is 341 Å². The molecule has 5 atom stereocenters. The molecule has 19 heteroatoms. The number of aliphatic hydroxyl groups is 1. The summed E-state index contributed by atoms with van der Waals surface area (Å²) in [4.78, 5) is 73.1. The summed E-state index contributed by atoms with van der Waals surface area (Å²) in [7, 11) is -9.98. The molecule has 0 rings (SSSR count). The summed E-state index contributed by atoms with van der Waals surface area (Å²) < 4.78 is 68.6. The Morgan fingerprint density at radius 2 is 0.500 bits per heavy atom. The van der Waals surface area contributed by atoms with Crippen LogP contribution in [0.2, 0.25) is 0 Å². The van der Waals surface area contributed by atoms with Crippen LogP contribution in [0.4, 0.5) is 0 Å². The molecule has 3 N–H and O–H groups in total. The molecule has 0 amide bonds. The van der Waals surface area contributed by atoms with Gasteiger partial charge in [-0.05, 0) is 135 Å². The zero-order valence-corrected chi connectivity index (χ0v) is 66.9. The summed E-state index contributed by atoms with van der Waals surface area (Å²) >= 11 is 0. The lowest BCUT2D eigenvalue weighted by Crippen LogP contribution is -2.30. The summed E-state index contributed by atoms with van der Waals surface area (Å²) in [6.07, 6.45) is 85.7. The van der Waals surface area contributed by atoms with E-state index in [1.54, 1.807) is 0 Å². The van der Waals surface area contributed by atoms with Crippen LogP contribution in [0.3, 0.4) is 0 Å². The lowest BCUT2D eigenvalue weighted by molar-refractivity contribution is -0.161. The maximum Gasteiger partial charge on any atom is 0.472 e. The zero-order valence-electron chi connectivity index (χ0n) is 65.2. The maximum absolute atomic E-state index is 13.1. The Bertz CT molecular complexity index is 2490. The molecule has 17 nitrogen and oxygen atoms in total. The predicted octanol–water partition coefficient (Wildman–Crippen LogP) is 23.7. The fourth-order valence-electron chi connectivity index (χ4n) is 10.6. The van der Waals surface area contributed by atoms with E-state index < -0.39 is 97.5 Å². The predicted molar refractivity (Wildman–Crippen MR) is 427 cm³/mol. The van der Waals surface area contributed by atoms with Crippen LogP contribution in [0.1, 0.15) is 323 Å². The molecule has 0 aromatic carbocycles. The van der Waals surface area contributed by atoms with Crippen molar-refractivity contribution < 1.29 is 80.2 Å². The third-order valence-electron chi connectivity index (χ3n) is 16.6. The molecule has 5 unspecified atom stereocenters. The Labute approximate surface area is 631 Å². The topological polar surface area (TPSA) is 237 Å². The van der Waals surface area contributed by atoms with Crippen LogP contribution in [-0.2, 0) is 65.4 Å². The Kier molecular flexibility index (Phi) is 72.9. The normalized spacial score (nSPS) is 14.6. The highest BCUT2D eigenvalue weighted by molar-refractivity contribution is 7.47. The van der Waals surface area contributed by atoms with Crippen molar-refractivity contribution in [1.29, 1.82) is 0 Å². The van der Waals surface area contributed by atoms with E-state index in [4.69, 9.17) is 37.0 Å². The first-order chi connectivity index (χ1) is 50.7. The van der Waals surface area contributed by atoms with Crippen LogP contribution in [0.15, 0.2) is 134 Å². The van der Waals surface area contributed by atoms with Gasteiger partial charge < -0.3 is 33.8 Å². The molecular weight excluding hydrogens is 1350 g/mol. The molecule has 0 heterocycles. The molecule has 0 fully saturated rings. The second kappa shape index (κ2) is 76.4. The standard InChI is InChI=1S/C85H144O17P2/c1-5-9-13-17-21-25-29-33-36-38-39-41-43-47-50-54-58-62-66-70-83(88)96-76-81(102-85(90)72-68-64-60-56-52-48-44-40-37-34-30-26-22-18-14-10-6-2)78-100-104(93,94)98-74-79(86)73-97-103(91,92)99-77-80(101-84(89)71-67-63-59-55-51-45-32-28-24-20-16-12-8-4)75-95-82(87)69-65-61-57-53-49-46-42-35-31-27-23-19-15-11-7-3/h9-11,13-15,21-23,25-27,33-37,39,41-42,47,50,79-81,86H,5-8,12,16-20,24,28-32,38,40,43-46,48-49,51-78H2,1-4H3,(H,91,92)(H,93,94)/b13-9-,14-10-,15-11-,25-21-,26-22-,27-23-,36-33-,37-34-,41-39-,42-35-,50-47-. The van der Waals surface area contributed by atoms with Gasteiger partial charge >= 0.3 is 39.5 Å². The highest BCUT2D eigenvalue weighted by Gasteiger charge is 2.30. The summed E-state index contributed by atoms with van der Waals surface area (Å²) in [6, 6.07) is 0. The Morgan fingerprint density at radius 3 is 0.779 bits per heavy atom. The van der Waals surface area contributed by atoms with Crippen molar-refractivity contribution >= 4 is 39.5 Å². The summed E-state index contributed by atoms with van der Waals surface area (Å²) in [5.74, 6) is -2.23. The fraction of sp³-hybridized carbons (Fsp3) is 0.694. The van der Waals surface area contributed by atoms with E-state index in [0.29, 0.717) is 25.7 Å². The second-order valence-corrected chi connectivity index (χ2v) is 29.5. The Morgan fingerprint density at radius 1 is 0.279 bits per heavy atom.